The van der Waals surface area contributed by atoms with Crippen LogP contribution in [-0.2, 0) is 6.42 Å². The highest BCUT2D eigenvalue weighted by Crippen LogP contribution is 2.46. The second-order valence-electron chi connectivity index (χ2n) is 7.62. The van der Waals surface area contributed by atoms with E-state index in [0.717, 1.165) is 28.9 Å². The number of fused-ring (bicyclic) bond motifs is 1. The topological polar surface area (TPSA) is 58.6 Å². The maximum atomic E-state index is 11.2. The lowest BCUT2D eigenvalue weighted by atomic mass is 9.85. The van der Waals surface area contributed by atoms with Gasteiger partial charge in [0.25, 0.3) is 0 Å². The quantitative estimate of drug-likeness (QED) is 0.821. The summed E-state index contributed by atoms with van der Waals surface area (Å²) in [6, 6.07) is 14.1. The number of benzene rings is 2. The van der Waals surface area contributed by atoms with E-state index in [-0.39, 0.29) is 17.6 Å². The zero-order valence-corrected chi connectivity index (χ0v) is 15.2. The minimum Gasteiger partial charge on any atom is -0.490 e. The number of nitrogens with one attached hydrogen (secondary N) is 1. The molecule has 0 heterocycles. The van der Waals surface area contributed by atoms with Crippen molar-refractivity contribution in [3.63, 3.8) is 0 Å². The first-order valence-electron chi connectivity index (χ1n) is 8.66. The third-order valence-electron chi connectivity index (χ3n) is 4.71. The first-order chi connectivity index (χ1) is 11.8. The number of amides is 1. The van der Waals surface area contributed by atoms with Crippen molar-refractivity contribution in [2.75, 3.05) is 0 Å². The molecule has 0 radical (unpaired) electrons. The standard InChI is InChI=1S/C21H25NO3/c1-13(2)25-18-8-6-5-7-16(18)14-9-10-17-15(11-14)12-21(3,4)19(17)22-20(23)24/h5-11,13,19,22H,12H2,1-4H3,(H,23,24). The van der Waals surface area contributed by atoms with Crippen LogP contribution < -0.4 is 10.1 Å². The van der Waals surface area contributed by atoms with Crippen LogP contribution in [0.3, 0.4) is 0 Å². The van der Waals surface area contributed by atoms with Gasteiger partial charge in [0.05, 0.1) is 12.1 Å². The second-order valence-corrected chi connectivity index (χ2v) is 7.62. The predicted molar refractivity (Wildman–Crippen MR) is 99.0 cm³/mol. The fourth-order valence-electron chi connectivity index (χ4n) is 3.68. The highest BCUT2D eigenvalue weighted by atomic mass is 16.5. The van der Waals surface area contributed by atoms with Crippen molar-refractivity contribution in [2.45, 2.75) is 46.3 Å². The maximum Gasteiger partial charge on any atom is 0.405 e. The Balaban J connectivity index is 2.00. The molecular formula is C21H25NO3. The summed E-state index contributed by atoms with van der Waals surface area (Å²) in [5.41, 5.74) is 4.28. The SMILES string of the molecule is CC(C)Oc1ccccc1-c1ccc2c(c1)CC(C)(C)C2NC(=O)O. The molecule has 4 heteroatoms. The normalized spacial score (nSPS) is 18.0. The van der Waals surface area contributed by atoms with E-state index >= 15 is 0 Å². The lowest BCUT2D eigenvalue weighted by molar-refractivity contribution is 0.175. The molecule has 25 heavy (non-hydrogen) atoms. The molecule has 0 saturated heterocycles. The number of hydrogen-bond donors (Lipinski definition) is 2. The Bertz CT molecular complexity index is 795. The summed E-state index contributed by atoms with van der Waals surface area (Å²) in [6.07, 6.45) is -0.0294. The molecule has 0 bridgehead atoms. The van der Waals surface area contributed by atoms with Gasteiger partial charge in [0.15, 0.2) is 0 Å². The molecule has 1 amide bonds. The van der Waals surface area contributed by atoms with E-state index in [2.05, 4.69) is 37.4 Å². The third kappa shape index (κ3) is 3.48. The Labute approximate surface area is 148 Å². The van der Waals surface area contributed by atoms with Crippen molar-refractivity contribution in [2.24, 2.45) is 5.41 Å². The lowest BCUT2D eigenvalue weighted by Gasteiger charge is -2.27. The highest BCUT2D eigenvalue weighted by molar-refractivity contribution is 5.72. The van der Waals surface area contributed by atoms with E-state index in [9.17, 15) is 4.79 Å². The first kappa shape index (κ1) is 17.3. The molecule has 0 aliphatic heterocycles. The Kier molecular flexibility index (Phi) is 4.46. The molecule has 2 aromatic rings. The number of rotatable bonds is 4. The summed E-state index contributed by atoms with van der Waals surface area (Å²) >= 11 is 0. The fraction of sp³-hybridized carbons (Fsp3) is 0.381. The van der Waals surface area contributed by atoms with Crippen molar-refractivity contribution >= 4 is 6.09 Å². The summed E-state index contributed by atoms with van der Waals surface area (Å²) in [5, 5.41) is 11.8. The van der Waals surface area contributed by atoms with Crippen molar-refractivity contribution in [1.82, 2.24) is 5.32 Å². The summed E-state index contributed by atoms with van der Waals surface area (Å²) in [7, 11) is 0. The van der Waals surface area contributed by atoms with Gasteiger partial charge in [-0.2, -0.15) is 0 Å². The maximum absolute atomic E-state index is 11.2. The van der Waals surface area contributed by atoms with Crippen molar-refractivity contribution in [3.8, 4) is 16.9 Å². The molecule has 0 spiro atoms. The van der Waals surface area contributed by atoms with Crippen LogP contribution in [0.2, 0.25) is 0 Å². The molecule has 1 aliphatic carbocycles. The average Bonchev–Trinajstić information content (AvgIpc) is 2.76. The van der Waals surface area contributed by atoms with Gasteiger partial charge in [0.1, 0.15) is 5.75 Å². The van der Waals surface area contributed by atoms with E-state index in [1.807, 2.05) is 38.1 Å². The number of ether oxygens (including phenoxy) is 1. The largest absolute Gasteiger partial charge is 0.490 e. The fourth-order valence-corrected chi connectivity index (χ4v) is 3.68. The van der Waals surface area contributed by atoms with E-state index in [1.54, 1.807) is 0 Å². The molecule has 4 nitrogen and oxygen atoms in total. The smallest absolute Gasteiger partial charge is 0.405 e. The molecule has 0 saturated carbocycles. The minimum atomic E-state index is -0.981. The van der Waals surface area contributed by atoms with E-state index in [4.69, 9.17) is 9.84 Å². The number of hydrogen-bond acceptors (Lipinski definition) is 2. The molecule has 3 rings (SSSR count). The molecular weight excluding hydrogens is 314 g/mol. The third-order valence-corrected chi connectivity index (χ3v) is 4.71. The Morgan fingerprint density at radius 2 is 1.96 bits per heavy atom. The van der Waals surface area contributed by atoms with Gasteiger partial charge in [0, 0.05) is 5.56 Å². The number of para-hydroxylation sites is 1. The molecule has 1 unspecified atom stereocenters. The number of carboxylic acid groups (broad SMARTS) is 1. The Morgan fingerprint density at radius 1 is 1.24 bits per heavy atom. The van der Waals surface area contributed by atoms with Gasteiger partial charge in [-0.15, -0.1) is 0 Å². The highest BCUT2D eigenvalue weighted by Gasteiger charge is 2.40. The van der Waals surface area contributed by atoms with Gasteiger partial charge in [-0.1, -0.05) is 50.2 Å². The molecule has 2 aromatic carbocycles. The van der Waals surface area contributed by atoms with Crippen LogP contribution in [0.5, 0.6) is 5.75 Å². The van der Waals surface area contributed by atoms with Crippen LogP contribution in [0, 0.1) is 5.41 Å². The zero-order valence-electron chi connectivity index (χ0n) is 15.2. The van der Waals surface area contributed by atoms with E-state index < -0.39 is 6.09 Å². The molecule has 0 aromatic heterocycles. The molecule has 1 aliphatic rings. The van der Waals surface area contributed by atoms with Gasteiger partial charge >= 0.3 is 6.09 Å². The van der Waals surface area contributed by atoms with Crippen LogP contribution in [0.25, 0.3) is 11.1 Å². The molecule has 0 fully saturated rings. The summed E-state index contributed by atoms with van der Waals surface area (Å²) in [6.45, 7) is 8.24. The first-order valence-corrected chi connectivity index (χ1v) is 8.66. The van der Waals surface area contributed by atoms with Gasteiger partial charge in [-0.3, -0.25) is 0 Å². The van der Waals surface area contributed by atoms with Crippen molar-refractivity contribution in [3.05, 3.63) is 53.6 Å². The minimum absolute atomic E-state index is 0.110. The number of carbonyl (C=O) groups is 1. The Hall–Kier alpha value is -2.49. The van der Waals surface area contributed by atoms with Gasteiger partial charge in [-0.25, -0.2) is 4.79 Å². The van der Waals surface area contributed by atoms with Gasteiger partial charge in [-0.05, 0) is 48.4 Å². The van der Waals surface area contributed by atoms with E-state index in [1.165, 1.54) is 5.56 Å². The summed E-state index contributed by atoms with van der Waals surface area (Å²) < 4.78 is 5.94. The second kappa shape index (κ2) is 6.43. The molecule has 2 N–H and O–H groups in total. The van der Waals surface area contributed by atoms with Gasteiger partial charge in [0.2, 0.25) is 0 Å². The lowest BCUT2D eigenvalue weighted by Crippen LogP contribution is -2.34. The molecule has 1 atom stereocenters. The monoisotopic (exact) mass is 339 g/mol. The molecule has 132 valence electrons. The van der Waals surface area contributed by atoms with Crippen LogP contribution in [0.4, 0.5) is 4.79 Å². The van der Waals surface area contributed by atoms with Crippen LogP contribution in [0.1, 0.15) is 44.9 Å². The van der Waals surface area contributed by atoms with Crippen LogP contribution >= 0.6 is 0 Å². The zero-order chi connectivity index (χ0) is 18.2. The van der Waals surface area contributed by atoms with Crippen molar-refractivity contribution in [1.29, 1.82) is 0 Å². The Morgan fingerprint density at radius 3 is 2.64 bits per heavy atom. The average molecular weight is 339 g/mol. The predicted octanol–water partition coefficient (Wildman–Crippen LogP) is 5.03. The van der Waals surface area contributed by atoms with Crippen LogP contribution in [0.15, 0.2) is 42.5 Å². The van der Waals surface area contributed by atoms with Crippen LogP contribution in [-0.4, -0.2) is 17.3 Å². The summed E-state index contributed by atoms with van der Waals surface area (Å²) in [5.74, 6) is 0.870. The van der Waals surface area contributed by atoms with Gasteiger partial charge < -0.3 is 15.2 Å². The summed E-state index contributed by atoms with van der Waals surface area (Å²) in [4.78, 5) is 11.2. The van der Waals surface area contributed by atoms with E-state index in [0.29, 0.717) is 0 Å². The van der Waals surface area contributed by atoms with Crippen molar-refractivity contribution < 1.29 is 14.6 Å².